The highest BCUT2D eigenvalue weighted by atomic mass is 35.5. The van der Waals surface area contributed by atoms with Gasteiger partial charge in [0.1, 0.15) is 11.6 Å². The van der Waals surface area contributed by atoms with E-state index in [9.17, 15) is 14.4 Å². The van der Waals surface area contributed by atoms with Crippen molar-refractivity contribution in [2.45, 2.75) is 25.4 Å². The van der Waals surface area contributed by atoms with Crippen molar-refractivity contribution in [2.24, 2.45) is 0 Å². The van der Waals surface area contributed by atoms with Crippen LogP contribution in [-0.2, 0) is 16.0 Å². The van der Waals surface area contributed by atoms with Crippen LogP contribution in [-0.4, -0.2) is 65.9 Å². The molecule has 1 unspecified atom stereocenters. The van der Waals surface area contributed by atoms with Gasteiger partial charge in [-0.1, -0.05) is 35.9 Å². The lowest BCUT2D eigenvalue weighted by molar-refractivity contribution is -0.133. The van der Waals surface area contributed by atoms with Crippen molar-refractivity contribution in [3.8, 4) is 0 Å². The van der Waals surface area contributed by atoms with Crippen LogP contribution in [0.25, 0.3) is 11.0 Å². The number of anilines is 1. The van der Waals surface area contributed by atoms with Crippen LogP contribution in [0.4, 0.5) is 5.69 Å². The van der Waals surface area contributed by atoms with Crippen molar-refractivity contribution in [2.75, 3.05) is 31.1 Å². The third-order valence-corrected chi connectivity index (χ3v) is 7.18. The predicted octanol–water partition coefficient (Wildman–Crippen LogP) is 3.68. The number of aromatic nitrogens is 1. The Hall–Kier alpha value is -4.37. The van der Waals surface area contributed by atoms with Crippen molar-refractivity contribution < 1.29 is 18.8 Å². The van der Waals surface area contributed by atoms with E-state index in [1.165, 1.54) is 0 Å². The summed E-state index contributed by atoms with van der Waals surface area (Å²) in [6, 6.07) is 21.2. The van der Waals surface area contributed by atoms with Crippen molar-refractivity contribution in [3.63, 3.8) is 0 Å². The average Bonchev–Trinajstić information content (AvgIpc) is 3.40. The molecule has 2 aromatic heterocycles. The number of halogens is 1. The molecule has 10 heteroatoms. The number of nitrogens with zero attached hydrogens (tertiary/aromatic N) is 3. The number of pyridine rings is 1. The Bertz CT molecular complexity index is 1490. The van der Waals surface area contributed by atoms with Crippen molar-refractivity contribution in [1.29, 1.82) is 0 Å². The van der Waals surface area contributed by atoms with Gasteiger partial charge in [0.05, 0.1) is 6.54 Å². The van der Waals surface area contributed by atoms with Crippen LogP contribution in [0.3, 0.4) is 0 Å². The summed E-state index contributed by atoms with van der Waals surface area (Å²) in [4.78, 5) is 47.6. The molecule has 1 fully saturated rings. The molecular formula is C30H30ClN5O4. The minimum Gasteiger partial charge on any atom is -0.451 e. The van der Waals surface area contributed by atoms with Gasteiger partial charge in [0, 0.05) is 60.1 Å². The third-order valence-electron chi connectivity index (χ3n) is 6.95. The molecule has 2 N–H and O–H groups in total. The molecule has 9 nitrogen and oxygen atoms in total. The number of para-hydroxylation sites is 1. The standard InChI is InChI=1S/C30H30ClN5O4/c1-20-19-35(13-14-36(20)24-8-3-2-4-9-24)28(37)18-33-29(38)25(17-23-7-5-6-12-32-23)34-30(39)27-16-21-15-22(31)10-11-26(21)40-27/h2-12,15-16,20,25H,13-14,17-19H2,1H3,(H,33,38)(H,34,39)/t20?,25-/m0/s1. The molecule has 0 radical (unpaired) electrons. The minimum atomic E-state index is -0.971. The second kappa shape index (κ2) is 12.2. The Morgan fingerprint density at radius 3 is 2.60 bits per heavy atom. The van der Waals surface area contributed by atoms with Crippen LogP contribution in [0, 0.1) is 0 Å². The lowest BCUT2D eigenvalue weighted by Gasteiger charge is -2.41. The smallest absolute Gasteiger partial charge is 0.287 e. The Balaban J connectivity index is 1.22. The summed E-state index contributed by atoms with van der Waals surface area (Å²) in [5.74, 6) is -1.16. The summed E-state index contributed by atoms with van der Waals surface area (Å²) in [5, 5.41) is 6.65. The number of hydrogen-bond acceptors (Lipinski definition) is 6. The fourth-order valence-corrected chi connectivity index (χ4v) is 5.06. The third kappa shape index (κ3) is 6.43. The molecule has 0 bridgehead atoms. The number of amides is 3. The first-order valence-corrected chi connectivity index (χ1v) is 13.5. The molecule has 0 aliphatic carbocycles. The zero-order valence-corrected chi connectivity index (χ0v) is 22.8. The van der Waals surface area contributed by atoms with Gasteiger partial charge in [-0.25, -0.2) is 0 Å². The van der Waals surface area contributed by atoms with Gasteiger partial charge in [-0.2, -0.15) is 0 Å². The van der Waals surface area contributed by atoms with Gasteiger partial charge in [-0.3, -0.25) is 19.4 Å². The number of hydrogen-bond donors (Lipinski definition) is 2. The van der Waals surface area contributed by atoms with E-state index >= 15 is 0 Å². The fraction of sp³-hybridized carbons (Fsp3) is 0.267. The molecule has 5 rings (SSSR count). The predicted molar refractivity (Wildman–Crippen MR) is 153 cm³/mol. The average molecular weight is 560 g/mol. The van der Waals surface area contributed by atoms with Gasteiger partial charge in [0.15, 0.2) is 5.76 Å². The van der Waals surface area contributed by atoms with E-state index in [1.54, 1.807) is 47.5 Å². The van der Waals surface area contributed by atoms with Crippen LogP contribution in [0.2, 0.25) is 5.02 Å². The first-order chi connectivity index (χ1) is 19.4. The zero-order chi connectivity index (χ0) is 28.1. The SMILES string of the molecule is CC1CN(C(=O)CNC(=O)[C@H](Cc2ccccn2)NC(=O)c2cc3cc(Cl)ccc3o2)CCN1c1ccccc1. The van der Waals surface area contributed by atoms with Crippen LogP contribution >= 0.6 is 11.6 Å². The van der Waals surface area contributed by atoms with Gasteiger partial charge in [0.2, 0.25) is 11.8 Å². The molecule has 0 spiro atoms. The topological polar surface area (TPSA) is 108 Å². The molecule has 1 aliphatic heterocycles. The number of benzene rings is 2. The van der Waals surface area contributed by atoms with Crippen LogP contribution in [0.1, 0.15) is 23.2 Å². The van der Waals surface area contributed by atoms with Crippen LogP contribution in [0.15, 0.2) is 83.4 Å². The normalized spacial score (nSPS) is 16.0. The van der Waals surface area contributed by atoms with Crippen molar-refractivity contribution >= 4 is 46.0 Å². The highest BCUT2D eigenvalue weighted by Gasteiger charge is 2.29. The van der Waals surface area contributed by atoms with Gasteiger partial charge >= 0.3 is 0 Å². The van der Waals surface area contributed by atoms with E-state index in [2.05, 4.69) is 39.6 Å². The maximum absolute atomic E-state index is 13.2. The Morgan fingerprint density at radius 1 is 1.05 bits per heavy atom. The van der Waals surface area contributed by atoms with E-state index in [-0.39, 0.29) is 30.7 Å². The number of nitrogens with one attached hydrogen (secondary N) is 2. The largest absolute Gasteiger partial charge is 0.451 e. The van der Waals surface area contributed by atoms with Crippen LogP contribution < -0.4 is 15.5 Å². The Kier molecular flexibility index (Phi) is 8.31. The zero-order valence-electron chi connectivity index (χ0n) is 22.0. The number of fused-ring (bicyclic) bond motifs is 1. The number of carbonyl (C=O) groups is 3. The summed E-state index contributed by atoms with van der Waals surface area (Å²) >= 11 is 6.05. The summed E-state index contributed by atoms with van der Waals surface area (Å²) in [6.07, 6.45) is 1.76. The maximum atomic E-state index is 13.2. The van der Waals surface area contributed by atoms with E-state index in [4.69, 9.17) is 16.0 Å². The molecule has 1 saturated heterocycles. The van der Waals surface area contributed by atoms with Crippen molar-refractivity contribution in [3.05, 3.63) is 95.5 Å². The van der Waals surface area contributed by atoms with Crippen LogP contribution in [0.5, 0.6) is 0 Å². The molecule has 0 saturated carbocycles. The Labute approximate surface area is 237 Å². The summed E-state index contributed by atoms with van der Waals surface area (Å²) in [7, 11) is 0. The van der Waals surface area contributed by atoms with E-state index in [1.807, 2.05) is 24.3 Å². The van der Waals surface area contributed by atoms with E-state index in [0.29, 0.717) is 41.3 Å². The number of piperazine rings is 1. The molecule has 206 valence electrons. The highest BCUT2D eigenvalue weighted by Crippen LogP contribution is 2.23. The minimum absolute atomic E-state index is 0.0532. The van der Waals surface area contributed by atoms with E-state index in [0.717, 1.165) is 5.69 Å². The highest BCUT2D eigenvalue weighted by molar-refractivity contribution is 6.31. The summed E-state index contributed by atoms with van der Waals surface area (Å²) < 4.78 is 5.66. The maximum Gasteiger partial charge on any atom is 0.287 e. The molecule has 2 atom stereocenters. The first-order valence-electron chi connectivity index (χ1n) is 13.1. The molecule has 3 amide bonds. The van der Waals surface area contributed by atoms with E-state index < -0.39 is 17.9 Å². The number of furan rings is 1. The summed E-state index contributed by atoms with van der Waals surface area (Å²) in [6.45, 7) is 3.71. The molecular weight excluding hydrogens is 530 g/mol. The molecule has 40 heavy (non-hydrogen) atoms. The van der Waals surface area contributed by atoms with Gasteiger partial charge < -0.3 is 24.9 Å². The molecule has 3 heterocycles. The van der Waals surface area contributed by atoms with Gasteiger partial charge in [0.25, 0.3) is 5.91 Å². The number of carbonyl (C=O) groups excluding carboxylic acids is 3. The lowest BCUT2D eigenvalue weighted by atomic mass is 10.1. The number of rotatable bonds is 8. The second-order valence-electron chi connectivity index (χ2n) is 9.78. The van der Waals surface area contributed by atoms with Crippen molar-refractivity contribution in [1.82, 2.24) is 20.5 Å². The quantitative estimate of drug-likeness (QED) is 0.341. The molecule has 1 aliphatic rings. The molecule has 2 aromatic carbocycles. The fourth-order valence-electron chi connectivity index (χ4n) is 4.88. The van der Waals surface area contributed by atoms with Gasteiger partial charge in [-0.05, 0) is 55.5 Å². The lowest BCUT2D eigenvalue weighted by Crippen LogP contribution is -2.56. The first kappa shape index (κ1) is 27.2. The Morgan fingerprint density at radius 2 is 1.85 bits per heavy atom. The monoisotopic (exact) mass is 559 g/mol. The van der Waals surface area contributed by atoms with Gasteiger partial charge in [-0.15, -0.1) is 0 Å². The summed E-state index contributed by atoms with van der Waals surface area (Å²) in [5.41, 5.74) is 2.25. The molecule has 4 aromatic rings. The second-order valence-corrected chi connectivity index (χ2v) is 10.2.